The first-order chi connectivity index (χ1) is 33.7. The Balaban J connectivity index is 0.993. The van der Waals surface area contributed by atoms with Gasteiger partial charge in [-0.1, -0.05) is 133 Å². The van der Waals surface area contributed by atoms with Gasteiger partial charge < -0.3 is 13.6 Å². The van der Waals surface area contributed by atoms with Gasteiger partial charge in [0.1, 0.15) is 11.2 Å². The van der Waals surface area contributed by atoms with E-state index in [2.05, 4.69) is 173 Å². The predicted molar refractivity (Wildman–Crippen MR) is 282 cm³/mol. The fraction of sp³-hybridized carbons (Fsp3) is 0. The minimum Gasteiger partial charge on any atom is -0.456 e. The van der Waals surface area contributed by atoms with Crippen molar-refractivity contribution >= 4 is 108 Å². The number of rotatable bonds is 5. The average Bonchev–Trinajstić information content (AvgIpc) is 4.16. The highest BCUT2D eigenvalue weighted by atomic mass is 32.1. The van der Waals surface area contributed by atoms with E-state index in [1.165, 1.54) is 52.8 Å². The van der Waals surface area contributed by atoms with Gasteiger partial charge in [-0.05, 0) is 84.2 Å². The first kappa shape index (κ1) is 37.3. The van der Waals surface area contributed by atoms with E-state index in [1.54, 1.807) is 0 Å². The molecule has 0 atom stereocenters. The van der Waals surface area contributed by atoms with Gasteiger partial charge in [0.05, 0.1) is 27.8 Å². The molecule has 0 radical (unpaired) electrons. The molecule has 0 aliphatic heterocycles. The highest BCUT2D eigenvalue weighted by Gasteiger charge is 2.23. The molecule has 10 aromatic carbocycles. The van der Waals surface area contributed by atoms with Gasteiger partial charge in [-0.25, -0.2) is 15.0 Å². The fourth-order valence-electron chi connectivity index (χ4n) is 10.8. The Hall–Kier alpha value is -8.91. The second-order valence-electron chi connectivity index (χ2n) is 17.5. The van der Waals surface area contributed by atoms with Gasteiger partial charge in [0, 0.05) is 80.3 Å². The number of aromatic nitrogens is 5. The SMILES string of the molecule is c1ccc(-c2nc(-c3ccc4oc5ccccc5c4c3)nc(-c3ccc(-n4c5cc(-n6c7ccccc7c7ccccc76)ccc5c5c6c(ccc54)sc4ccccc46)c4ccccc34)n2)cc1. The predicted octanol–water partition coefficient (Wildman–Crippen LogP) is 16.5. The smallest absolute Gasteiger partial charge is 0.164 e. The lowest BCUT2D eigenvalue weighted by molar-refractivity contribution is 0.669. The molecule has 0 aliphatic rings. The Morgan fingerprint density at radius 3 is 1.79 bits per heavy atom. The summed E-state index contributed by atoms with van der Waals surface area (Å²) in [6, 6.07) is 75.6. The molecule has 15 aromatic rings. The van der Waals surface area contributed by atoms with Crippen molar-refractivity contribution in [2.75, 3.05) is 0 Å². The van der Waals surface area contributed by atoms with Crippen molar-refractivity contribution in [1.29, 1.82) is 0 Å². The Kier molecular flexibility index (Phi) is 7.85. The average molecular weight is 886 g/mol. The molecule has 0 saturated carbocycles. The molecular weight excluding hydrogens is 851 g/mol. The quantitative estimate of drug-likeness (QED) is 0.173. The Morgan fingerprint density at radius 2 is 0.985 bits per heavy atom. The molecule has 0 fully saturated rings. The highest BCUT2D eigenvalue weighted by Crippen LogP contribution is 2.46. The van der Waals surface area contributed by atoms with Crippen LogP contribution in [0.5, 0.6) is 0 Å². The van der Waals surface area contributed by atoms with E-state index < -0.39 is 0 Å². The monoisotopic (exact) mass is 885 g/mol. The van der Waals surface area contributed by atoms with Gasteiger partial charge in [-0.2, -0.15) is 0 Å². The van der Waals surface area contributed by atoms with Crippen LogP contribution in [0, 0.1) is 0 Å². The zero-order valence-corrected chi connectivity index (χ0v) is 37.1. The molecule has 0 saturated heterocycles. The molecule has 5 heterocycles. The van der Waals surface area contributed by atoms with Crippen molar-refractivity contribution in [2.45, 2.75) is 0 Å². The lowest BCUT2D eigenvalue weighted by atomic mass is 10.0. The number of hydrogen-bond acceptors (Lipinski definition) is 5. The zero-order valence-electron chi connectivity index (χ0n) is 36.3. The van der Waals surface area contributed by atoms with Crippen LogP contribution in [-0.4, -0.2) is 24.1 Å². The second-order valence-corrected chi connectivity index (χ2v) is 18.6. The molecule has 0 N–H and O–H groups in total. The first-order valence-corrected chi connectivity index (χ1v) is 23.7. The molecule has 0 bridgehead atoms. The topological polar surface area (TPSA) is 61.7 Å². The second kappa shape index (κ2) is 14.3. The Labute approximate surface area is 392 Å². The summed E-state index contributed by atoms with van der Waals surface area (Å²) in [7, 11) is 0. The molecule has 316 valence electrons. The van der Waals surface area contributed by atoms with E-state index in [4.69, 9.17) is 19.4 Å². The van der Waals surface area contributed by atoms with E-state index in [0.29, 0.717) is 17.5 Å². The van der Waals surface area contributed by atoms with E-state index in [-0.39, 0.29) is 0 Å². The van der Waals surface area contributed by atoms with Crippen LogP contribution in [0.4, 0.5) is 0 Å². The molecule has 7 heteroatoms. The van der Waals surface area contributed by atoms with Crippen molar-refractivity contribution in [3.05, 3.63) is 212 Å². The number of nitrogens with zero attached hydrogens (tertiary/aromatic N) is 5. The van der Waals surface area contributed by atoms with E-state index >= 15 is 0 Å². The lowest BCUT2D eigenvalue weighted by Crippen LogP contribution is -2.02. The normalized spacial score (nSPS) is 12.1. The Morgan fingerprint density at radius 1 is 0.338 bits per heavy atom. The third kappa shape index (κ3) is 5.42. The number of thiophene rings is 1. The maximum Gasteiger partial charge on any atom is 0.164 e. The van der Waals surface area contributed by atoms with Crippen LogP contribution in [0.2, 0.25) is 0 Å². The van der Waals surface area contributed by atoms with Gasteiger partial charge in [0.2, 0.25) is 0 Å². The number of benzene rings is 10. The summed E-state index contributed by atoms with van der Waals surface area (Å²) in [4.78, 5) is 15.7. The van der Waals surface area contributed by atoms with Crippen LogP contribution >= 0.6 is 11.3 Å². The number of furan rings is 1. The molecule has 0 aliphatic carbocycles. The third-order valence-electron chi connectivity index (χ3n) is 13.8. The number of para-hydroxylation sites is 3. The molecule has 5 aromatic heterocycles. The molecule has 15 rings (SSSR count). The van der Waals surface area contributed by atoms with Gasteiger partial charge in [-0.3, -0.25) is 0 Å². The summed E-state index contributed by atoms with van der Waals surface area (Å²) in [6.45, 7) is 0. The molecule has 0 unspecified atom stereocenters. The summed E-state index contributed by atoms with van der Waals surface area (Å²) >= 11 is 1.86. The number of fused-ring (bicyclic) bond motifs is 14. The largest absolute Gasteiger partial charge is 0.456 e. The maximum absolute atomic E-state index is 6.21. The van der Waals surface area contributed by atoms with Crippen LogP contribution in [0.1, 0.15) is 0 Å². The minimum absolute atomic E-state index is 0.598. The summed E-state index contributed by atoms with van der Waals surface area (Å²) < 4.78 is 13.7. The van der Waals surface area contributed by atoms with Crippen molar-refractivity contribution in [2.24, 2.45) is 0 Å². The molecule has 68 heavy (non-hydrogen) atoms. The lowest BCUT2D eigenvalue weighted by Gasteiger charge is -2.16. The standard InChI is InChI=1S/C61H35N5OS/c1-2-14-36(15-3-1)59-62-60(37-26-32-54-47(34-37)43-20-8-12-24-53(43)67-54)64-61(63-59)44-29-30-50(40-17-5-4-16-39(40)44)66-51-31-33-56-58(46-21-9-13-25-55(46)68-56)57(51)45-28-27-38(35-52(45)66)65-48-22-10-6-18-41(48)42-19-7-11-23-49(42)65/h1-35H. The van der Waals surface area contributed by atoms with E-state index in [1.807, 2.05) is 59.9 Å². The van der Waals surface area contributed by atoms with Crippen LogP contribution in [0.25, 0.3) is 142 Å². The van der Waals surface area contributed by atoms with Gasteiger partial charge in [-0.15, -0.1) is 11.3 Å². The summed E-state index contributed by atoms with van der Waals surface area (Å²) in [5.41, 5.74) is 11.3. The molecular formula is C61H35N5OS. The molecule has 0 amide bonds. The van der Waals surface area contributed by atoms with Gasteiger partial charge >= 0.3 is 0 Å². The van der Waals surface area contributed by atoms with Crippen molar-refractivity contribution < 1.29 is 4.42 Å². The third-order valence-corrected chi connectivity index (χ3v) is 14.9. The highest BCUT2D eigenvalue weighted by molar-refractivity contribution is 7.26. The van der Waals surface area contributed by atoms with E-state index in [0.717, 1.165) is 71.8 Å². The van der Waals surface area contributed by atoms with E-state index in [9.17, 15) is 0 Å². The van der Waals surface area contributed by atoms with Crippen molar-refractivity contribution in [3.8, 4) is 45.5 Å². The summed E-state index contributed by atoms with van der Waals surface area (Å²) in [5.74, 6) is 1.82. The van der Waals surface area contributed by atoms with Crippen molar-refractivity contribution in [1.82, 2.24) is 24.1 Å². The van der Waals surface area contributed by atoms with Crippen LogP contribution < -0.4 is 0 Å². The number of hydrogen-bond donors (Lipinski definition) is 0. The van der Waals surface area contributed by atoms with Crippen LogP contribution in [0.3, 0.4) is 0 Å². The first-order valence-electron chi connectivity index (χ1n) is 22.8. The maximum atomic E-state index is 6.21. The fourth-order valence-corrected chi connectivity index (χ4v) is 11.9. The minimum atomic E-state index is 0.598. The van der Waals surface area contributed by atoms with Crippen molar-refractivity contribution in [3.63, 3.8) is 0 Å². The van der Waals surface area contributed by atoms with Crippen LogP contribution in [0.15, 0.2) is 217 Å². The van der Waals surface area contributed by atoms with Gasteiger partial charge in [0.15, 0.2) is 17.5 Å². The summed E-state index contributed by atoms with van der Waals surface area (Å²) in [6.07, 6.45) is 0. The molecule has 6 nitrogen and oxygen atoms in total. The summed E-state index contributed by atoms with van der Waals surface area (Å²) in [5, 5.41) is 11.8. The Bertz CT molecular complexity index is 4520. The zero-order chi connectivity index (χ0) is 44.5. The van der Waals surface area contributed by atoms with Gasteiger partial charge in [0.25, 0.3) is 0 Å². The molecule has 0 spiro atoms. The van der Waals surface area contributed by atoms with Crippen LogP contribution in [-0.2, 0) is 0 Å².